The molecule has 0 aliphatic rings. The molecule has 3 heterocycles. The number of aryl methyl sites for hydroxylation is 2. The summed E-state index contributed by atoms with van der Waals surface area (Å²) in [4.78, 5) is 0. The van der Waals surface area contributed by atoms with Crippen LogP contribution in [-0.2, 0) is 12.8 Å². The molecule has 3 aromatic heterocycles. The van der Waals surface area contributed by atoms with E-state index in [1.807, 2.05) is 22.7 Å². The topological polar surface area (TPSA) is 0 Å². The van der Waals surface area contributed by atoms with Crippen LogP contribution in [0, 0.1) is 0 Å². The van der Waals surface area contributed by atoms with E-state index in [9.17, 15) is 0 Å². The van der Waals surface area contributed by atoms with E-state index in [4.69, 9.17) is 0 Å². The molecule has 0 unspecified atom stereocenters. The van der Waals surface area contributed by atoms with Crippen molar-refractivity contribution in [2.24, 2.45) is 0 Å². The van der Waals surface area contributed by atoms with Gasteiger partial charge in [-0.3, -0.25) is 0 Å². The summed E-state index contributed by atoms with van der Waals surface area (Å²) in [5, 5.41) is 0. The fraction of sp³-hybridized carbons (Fsp3) is 0.692. The Labute approximate surface area is 218 Å². The first kappa shape index (κ1) is 26.2. The maximum Gasteiger partial charge on any atom is 0.0751 e. The van der Waals surface area contributed by atoms with Gasteiger partial charge in [-0.05, 0) is 68.7 Å². The molecule has 3 aromatic rings. The van der Waals surface area contributed by atoms with Crippen molar-refractivity contribution in [1.29, 1.82) is 0 Å². The molecule has 0 saturated carbocycles. The summed E-state index contributed by atoms with van der Waals surface area (Å²) in [6.07, 6.45) is 21.8. The number of fused-ring (bicyclic) bond motifs is 3. The number of unbranched alkanes of at least 4 members (excludes halogenated alkanes) is 12. The molecule has 0 spiro atoms. The molecule has 0 N–H and O–H groups in total. The molecular weight excluding hydrogens is 568 g/mol. The quantitative estimate of drug-likeness (QED) is 0.142. The molecule has 0 fully saturated rings. The highest BCUT2D eigenvalue weighted by atomic mass is 79.9. The number of hydrogen-bond acceptors (Lipinski definition) is 3. The second kappa shape index (κ2) is 14.1. The van der Waals surface area contributed by atoms with Gasteiger partial charge in [0.2, 0.25) is 0 Å². The second-order valence-corrected chi connectivity index (χ2v) is 14.6. The predicted octanol–water partition coefficient (Wildman–Crippen LogP) is 12.3. The van der Waals surface area contributed by atoms with Gasteiger partial charge in [-0.15, -0.1) is 34.0 Å². The molecule has 31 heavy (non-hydrogen) atoms. The van der Waals surface area contributed by atoms with Crippen molar-refractivity contribution >= 4 is 84.7 Å². The minimum Gasteiger partial charge on any atom is -0.133 e. The first-order chi connectivity index (χ1) is 15.2. The third kappa shape index (κ3) is 7.28. The second-order valence-electron chi connectivity index (χ2n) is 8.87. The third-order valence-electron chi connectivity index (χ3n) is 6.29. The van der Waals surface area contributed by atoms with E-state index in [1.165, 1.54) is 120 Å². The Morgan fingerprint density at radius 2 is 0.806 bits per heavy atom. The van der Waals surface area contributed by atoms with Crippen LogP contribution in [-0.4, -0.2) is 0 Å². The van der Waals surface area contributed by atoms with E-state index >= 15 is 0 Å². The Morgan fingerprint density at radius 3 is 1.19 bits per heavy atom. The summed E-state index contributed by atoms with van der Waals surface area (Å²) in [5.41, 5.74) is 3.17. The van der Waals surface area contributed by atoms with Crippen LogP contribution in [0.2, 0.25) is 0 Å². The van der Waals surface area contributed by atoms with Gasteiger partial charge < -0.3 is 0 Å². The van der Waals surface area contributed by atoms with Crippen molar-refractivity contribution in [3.05, 3.63) is 18.7 Å². The van der Waals surface area contributed by atoms with Crippen molar-refractivity contribution in [2.75, 3.05) is 0 Å². The highest BCUT2D eigenvalue weighted by Gasteiger charge is 2.21. The van der Waals surface area contributed by atoms with Crippen molar-refractivity contribution in [3.63, 3.8) is 0 Å². The van der Waals surface area contributed by atoms with Gasteiger partial charge in [0.15, 0.2) is 0 Å². The van der Waals surface area contributed by atoms with Crippen LogP contribution < -0.4 is 0 Å². The average molecular weight is 607 g/mol. The zero-order valence-corrected chi connectivity index (χ0v) is 24.9. The largest absolute Gasteiger partial charge is 0.133 e. The van der Waals surface area contributed by atoms with Gasteiger partial charge in [-0.1, -0.05) is 90.9 Å². The molecule has 0 atom stereocenters. The maximum absolute atomic E-state index is 3.90. The lowest BCUT2D eigenvalue weighted by Crippen LogP contribution is -1.86. The minimum absolute atomic E-state index is 1.23. The van der Waals surface area contributed by atoms with Crippen LogP contribution in [0.4, 0.5) is 0 Å². The van der Waals surface area contributed by atoms with E-state index in [-0.39, 0.29) is 0 Å². The Morgan fingerprint density at radius 1 is 0.452 bits per heavy atom. The van der Waals surface area contributed by atoms with Crippen molar-refractivity contribution < 1.29 is 0 Å². The van der Waals surface area contributed by atoms with Crippen molar-refractivity contribution in [2.45, 2.75) is 117 Å². The molecule has 0 aliphatic heterocycles. The van der Waals surface area contributed by atoms with Crippen LogP contribution in [0.3, 0.4) is 0 Å². The summed E-state index contributed by atoms with van der Waals surface area (Å²) in [6.45, 7) is 4.59. The minimum atomic E-state index is 1.23. The lowest BCUT2D eigenvalue weighted by molar-refractivity contribution is 0.590. The van der Waals surface area contributed by atoms with E-state index in [0.717, 1.165) is 0 Å². The number of hydrogen-bond donors (Lipinski definition) is 0. The van der Waals surface area contributed by atoms with Gasteiger partial charge in [0, 0.05) is 0 Å². The van der Waals surface area contributed by atoms with Gasteiger partial charge in [0.25, 0.3) is 0 Å². The fourth-order valence-corrected chi connectivity index (χ4v) is 10.5. The standard InChI is InChI=1S/C26H38Br2S3/c1-3-5-7-9-11-13-15-17-19-21-23(30-25(19)27)24-22(29-21)20(26(28)31-24)18-16-14-12-10-8-6-4-2/h3-18H2,1-2H3. The lowest BCUT2D eigenvalue weighted by atomic mass is 10.1. The van der Waals surface area contributed by atoms with Gasteiger partial charge in [-0.2, -0.15) is 0 Å². The molecule has 3 rings (SSSR count). The molecule has 0 bridgehead atoms. The van der Waals surface area contributed by atoms with Gasteiger partial charge in [0.1, 0.15) is 0 Å². The molecule has 0 aliphatic carbocycles. The Balaban J connectivity index is 1.59. The monoisotopic (exact) mass is 604 g/mol. The molecule has 0 saturated heterocycles. The smallest absolute Gasteiger partial charge is 0.0751 e. The first-order valence-corrected chi connectivity index (χ1v) is 16.5. The molecule has 5 heteroatoms. The maximum atomic E-state index is 3.90. The zero-order chi connectivity index (χ0) is 22.1. The van der Waals surface area contributed by atoms with E-state index in [0.29, 0.717) is 0 Å². The summed E-state index contributed by atoms with van der Waals surface area (Å²) >= 11 is 13.8. The highest BCUT2D eigenvalue weighted by Crippen LogP contribution is 2.51. The number of halogens is 2. The molecule has 0 nitrogen and oxygen atoms in total. The molecular formula is C26H38Br2S3. The molecule has 0 amide bonds. The predicted molar refractivity (Wildman–Crippen MR) is 154 cm³/mol. The van der Waals surface area contributed by atoms with Crippen molar-refractivity contribution in [3.8, 4) is 0 Å². The molecule has 174 valence electrons. The molecule has 0 aromatic carbocycles. The molecule has 0 radical (unpaired) electrons. The number of thiophene rings is 3. The summed E-state index contributed by atoms with van der Waals surface area (Å²) in [6, 6.07) is 0. The summed E-state index contributed by atoms with van der Waals surface area (Å²) < 4.78 is 8.94. The Bertz CT molecular complexity index is 845. The summed E-state index contributed by atoms with van der Waals surface area (Å²) in [7, 11) is 0. The van der Waals surface area contributed by atoms with Crippen LogP contribution in [0.15, 0.2) is 7.57 Å². The number of rotatable bonds is 16. The van der Waals surface area contributed by atoms with Crippen LogP contribution >= 0.6 is 65.9 Å². The lowest BCUT2D eigenvalue weighted by Gasteiger charge is -2.03. The van der Waals surface area contributed by atoms with Gasteiger partial charge in [-0.25, -0.2) is 0 Å². The van der Waals surface area contributed by atoms with Gasteiger partial charge in [0.05, 0.1) is 26.4 Å². The van der Waals surface area contributed by atoms with Gasteiger partial charge >= 0.3 is 0 Å². The van der Waals surface area contributed by atoms with Crippen LogP contribution in [0.1, 0.15) is 115 Å². The highest BCUT2D eigenvalue weighted by molar-refractivity contribution is 9.11. The van der Waals surface area contributed by atoms with E-state index in [2.05, 4.69) is 57.0 Å². The van der Waals surface area contributed by atoms with Crippen LogP contribution in [0.25, 0.3) is 18.8 Å². The third-order valence-corrected chi connectivity index (χ3v) is 12.0. The van der Waals surface area contributed by atoms with E-state index in [1.54, 1.807) is 20.5 Å². The Kier molecular flexibility index (Phi) is 11.9. The van der Waals surface area contributed by atoms with Crippen molar-refractivity contribution in [1.82, 2.24) is 0 Å². The van der Waals surface area contributed by atoms with E-state index < -0.39 is 0 Å². The zero-order valence-electron chi connectivity index (χ0n) is 19.3. The SMILES string of the molecule is CCCCCCCCCc1c(Br)sc2c1sc1c(CCCCCCCCC)c(Br)sc12. The normalized spacial score (nSPS) is 12.0. The van der Waals surface area contributed by atoms with Crippen LogP contribution in [0.5, 0.6) is 0 Å². The Hall–Kier alpha value is 0.580. The summed E-state index contributed by atoms with van der Waals surface area (Å²) in [5.74, 6) is 0. The first-order valence-electron chi connectivity index (χ1n) is 12.5. The fourth-order valence-electron chi connectivity index (χ4n) is 4.41. The average Bonchev–Trinajstić information content (AvgIpc) is 3.35.